The molecule has 1 unspecified atom stereocenters. The van der Waals surface area contributed by atoms with Crippen molar-refractivity contribution in [2.45, 2.75) is 57.2 Å². The molecule has 0 aromatic rings. The largest absolute Gasteiger partial charge is 0.480 e. The van der Waals surface area contributed by atoms with Gasteiger partial charge in [-0.25, -0.2) is 4.79 Å². The zero-order valence-electron chi connectivity index (χ0n) is 12.2. The lowest BCUT2D eigenvalue weighted by Gasteiger charge is -2.49. The second kappa shape index (κ2) is 6.10. The number of nitrogens with one attached hydrogen (secondary N) is 1. The first kappa shape index (κ1) is 15.3. The van der Waals surface area contributed by atoms with Crippen molar-refractivity contribution < 1.29 is 19.4 Å². The van der Waals surface area contributed by atoms with Crippen molar-refractivity contribution in [2.24, 2.45) is 0 Å². The maximum absolute atomic E-state index is 12.1. The van der Waals surface area contributed by atoms with E-state index in [9.17, 15) is 9.59 Å². The molecule has 0 spiro atoms. The van der Waals surface area contributed by atoms with Crippen molar-refractivity contribution in [2.75, 3.05) is 19.7 Å². The van der Waals surface area contributed by atoms with Crippen molar-refractivity contribution in [3.63, 3.8) is 0 Å². The number of ether oxygens (including phenoxy) is 1. The fourth-order valence-electron chi connectivity index (χ4n) is 2.97. The van der Waals surface area contributed by atoms with Gasteiger partial charge in [0.25, 0.3) is 0 Å². The summed E-state index contributed by atoms with van der Waals surface area (Å²) in [7, 11) is 0. The van der Waals surface area contributed by atoms with Gasteiger partial charge in [0, 0.05) is 19.1 Å². The fourth-order valence-corrected chi connectivity index (χ4v) is 2.97. The summed E-state index contributed by atoms with van der Waals surface area (Å²) in [5.41, 5.74) is -0.444. The second-order valence-corrected chi connectivity index (χ2v) is 6.20. The van der Waals surface area contributed by atoms with Crippen LogP contribution in [0.4, 0.5) is 0 Å². The summed E-state index contributed by atoms with van der Waals surface area (Å²) in [6, 6.07) is 0.151. The molecule has 1 amide bonds. The lowest BCUT2D eigenvalue weighted by atomic mass is 9.94. The van der Waals surface area contributed by atoms with Gasteiger partial charge in [0.15, 0.2) is 0 Å². The Morgan fingerprint density at radius 3 is 2.55 bits per heavy atom. The van der Waals surface area contributed by atoms with Gasteiger partial charge in [-0.15, -0.1) is 0 Å². The summed E-state index contributed by atoms with van der Waals surface area (Å²) in [6.07, 6.45) is 4.56. The van der Waals surface area contributed by atoms with Crippen molar-refractivity contribution in [1.29, 1.82) is 0 Å². The maximum Gasteiger partial charge on any atom is 0.329 e. The Kier molecular flexibility index (Phi) is 4.65. The highest BCUT2D eigenvalue weighted by Gasteiger charge is 2.44. The van der Waals surface area contributed by atoms with Crippen molar-refractivity contribution in [1.82, 2.24) is 10.2 Å². The third kappa shape index (κ3) is 3.70. The van der Waals surface area contributed by atoms with Crippen LogP contribution in [0.3, 0.4) is 0 Å². The van der Waals surface area contributed by atoms with Crippen LogP contribution >= 0.6 is 0 Å². The fraction of sp³-hybridized carbons (Fsp3) is 0.857. The number of hydrogen-bond donors (Lipinski definition) is 2. The van der Waals surface area contributed by atoms with Gasteiger partial charge in [0.05, 0.1) is 11.6 Å². The topological polar surface area (TPSA) is 78.9 Å². The lowest BCUT2D eigenvalue weighted by Crippen LogP contribution is -2.66. The van der Waals surface area contributed by atoms with Crippen LogP contribution in [0, 0.1) is 0 Å². The predicted molar refractivity (Wildman–Crippen MR) is 73.4 cm³/mol. The van der Waals surface area contributed by atoms with Gasteiger partial charge in [-0.05, 0) is 26.7 Å². The van der Waals surface area contributed by atoms with E-state index in [-0.39, 0.29) is 18.6 Å². The monoisotopic (exact) mass is 284 g/mol. The Morgan fingerprint density at radius 1 is 1.40 bits per heavy atom. The van der Waals surface area contributed by atoms with Crippen LogP contribution in [0.5, 0.6) is 0 Å². The summed E-state index contributed by atoms with van der Waals surface area (Å²) in [4.78, 5) is 24.6. The third-order valence-electron chi connectivity index (χ3n) is 4.25. The second-order valence-electron chi connectivity index (χ2n) is 6.20. The molecule has 6 nitrogen and oxygen atoms in total. The van der Waals surface area contributed by atoms with Crippen LogP contribution < -0.4 is 5.32 Å². The zero-order valence-corrected chi connectivity index (χ0v) is 12.2. The Morgan fingerprint density at radius 2 is 2.00 bits per heavy atom. The number of rotatable bonds is 6. The minimum Gasteiger partial charge on any atom is -0.480 e. The van der Waals surface area contributed by atoms with E-state index in [1.54, 1.807) is 0 Å². The highest BCUT2D eigenvalue weighted by molar-refractivity contribution is 5.81. The van der Waals surface area contributed by atoms with Gasteiger partial charge in [0.1, 0.15) is 6.61 Å². The zero-order chi connectivity index (χ0) is 14.8. The van der Waals surface area contributed by atoms with E-state index in [1.807, 2.05) is 18.7 Å². The van der Waals surface area contributed by atoms with E-state index in [4.69, 9.17) is 9.84 Å². The summed E-state index contributed by atoms with van der Waals surface area (Å²) in [6.45, 7) is 4.68. The molecule has 0 bridgehead atoms. The molecule has 0 aromatic carbocycles. The van der Waals surface area contributed by atoms with Crippen molar-refractivity contribution in [3.8, 4) is 0 Å². The van der Waals surface area contributed by atoms with Gasteiger partial charge < -0.3 is 15.2 Å². The van der Waals surface area contributed by atoms with Crippen LogP contribution in [0.2, 0.25) is 0 Å². The minimum atomic E-state index is -0.961. The number of aliphatic carboxylic acids is 1. The lowest BCUT2D eigenvalue weighted by molar-refractivity contribution is -0.171. The molecule has 6 heteroatoms. The number of nitrogens with zero attached hydrogens (tertiary/aromatic N) is 1. The molecule has 114 valence electrons. The molecule has 2 fully saturated rings. The van der Waals surface area contributed by atoms with Crippen LogP contribution in [0.25, 0.3) is 0 Å². The molecule has 0 aromatic heterocycles. The standard InChI is InChI=1S/C14H24N2O4/c1-10(13(19)15-11-5-3-4-6-11)16-8-14(2,9-16)20-7-12(17)18/h10-11H,3-9H2,1-2H3,(H,15,19)(H,17,18). The van der Waals surface area contributed by atoms with Gasteiger partial charge in [-0.1, -0.05) is 12.8 Å². The first-order valence-electron chi connectivity index (χ1n) is 7.30. The summed E-state index contributed by atoms with van der Waals surface area (Å²) in [5.74, 6) is -0.895. The van der Waals surface area contributed by atoms with Gasteiger partial charge in [-0.2, -0.15) is 0 Å². The minimum absolute atomic E-state index is 0.0668. The van der Waals surface area contributed by atoms with E-state index in [0.717, 1.165) is 12.8 Å². The SMILES string of the molecule is CC(C(=O)NC1CCCC1)N1CC(C)(OCC(=O)O)C1. The number of carboxylic acids is 1. The molecule has 2 N–H and O–H groups in total. The molecule has 1 aliphatic carbocycles. The van der Waals surface area contributed by atoms with Crippen molar-refractivity contribution in [3.05, 3.63) is 0 Å². The number of hydrogen-bond acceptors (Lipinski definition) is 4. The Balaban J connectivity index is 1.73. The Hall–Kier alpha value is -1.14. The van der Waals surface area contributed by atoms with Gasteiger partial charge in [0.2, 0.25) is 5.91 Å². The average Bonchev–Trinajstić information content (AvgIpc) is 2.84. The molecule has 1 saturated heterocycles. The molecular weight excluding hydrogens is 260 g/mol. The highest BCUT2D eigenvalue weighted by atomic mass is 16.5. The molecule has 20 heavy (non-hydrogen) atoms. The first-order valence-corrected chi connectivity index (χ1v) is 7.30. The molecular formula is C14H24N2O4. The van der Waals surface area contributed by atoms with Crippen LogP contribution in [0.1, 0.15) is 39.5 Å². The number of carbonyl (C=O) groups excluding carboxylic acids is 1. The number of carboxylic acid groups (broad SMARTS) is 1. The van der Waals surface area contributed by atoms with E-state index >= 15 is 0 Å². The third-order valence-corrected chi connectivity index (χ3v) is 4.25. The molecule has 0 radical (unpaired) electrons. The Labute approximate surface area is 119 Å². The summed E-state index contributed by atoms with van der Waals surface area (Å²) >= 11 is 0. The molecule has 2 aliphatic rings. The van der Waals surface area contributed by atoms with E-state index in [0.29, 0.717) is 19.1 Å². The van der Waals surface area contributed by atoms with Crippen LogP contribution in [-0.2, 0) is 14.3 Å². The highest BCUT2D eigenvalue weighted by Crippen LogP contribution is 2.27. The molecule has 1 aliphatic heterocycles. The summed E-state index contributed by atoms with van der Waals surface area (Å²) < 4.78 is 5.35. The predicted octanol–water partition coefficient (Wildman–Crippen LogP) is 0.609. The van der Waals surface area contributed by atoms with Gasteiger partial charge >= 0.3 is 5.97 Å². The number of carbonyl (C=O) groups is 2. The molecule has 1 heterocycles. The molecule has 1 atom stereocenters. The van der Waals surface area contributed by atoms with E-state index < -0.39 is 11.6 Å². The van der Waals surface area contributed by atoms with Crippen LogP contribution in [-0.4, -0.2) is 59.3 Å². The smallest absolute Gasteiger partial charge is 0.329 e. The first-order chi connectivity index (χ1) is 9.39. The van der Waals surface area contributed by atoms with Crippen LogP contribution in [0.15, 0.2) is 0 Å². The molecule has 2 rings (SSSR count). The summed E-state index contributed by atoms with van der Waals surface area (Å²) in [5, 5.41) is 11.7. The Bertz CT molecular complexity index is 373. The van der Waals surface area contributed by atoms with Crippen molar-refractivity contribution >= 4 is 11.9 Å². The quantitative estimate of drug-likeness (QED) is 0.747. The maximum atomic E-state index is 12.1. The number of amides is 1. The normalized spacial score (nSPS) is 24.1. The van der Waals surface area contributed by atoms with E-state index in [1.165, 1.54) is 12.8 Å². The molecule has 1 saturated carbocycles. The number of likely N-dealkylation sites (tertiary alicyclic amines) is 1. The average molecular weight is 284 g/mol. The van der Waals surface area contributed by atoms with E-state index in [2.05, 4.69) is 5.32 Å². The van der Waals surface area contributed by atoms with Gasteiger partial charge in [-0.3, -0.25) is 9.69 Å².